The predicted molar refractivity (Wildman–Crippen MR) is 131 cm³/mol. The Morgan fingerprint density at radius 2 is 2.00 bits per heavy atom. The fraction of sp³-hybridized carbons (Fsp3) is 0.360. The number of nitrogens with zero attached hydrogens (tertiary/aromatic N) is 2. The molecule has 3 heterocycles. The summed E-state index contributed by atoms with van der Waals surface area (Å²) in [6.45, 7) is 3.48. The Morgan fingerprint density at radius 3 is 2.74 bits per heavy atom. The Bertz CT molecular complexity index is 1280. The van der Waals surface area contributed by atoms with Gasteiger partial charge in [0, 0.05) is 12.0 Å². The van der Waals surface area contributed by atoms with Gasteiger partial charge in [-0.3, -0.25) is 9.69 Å². The predicted octanol–water partition coefficient (Wildman–Crippen LogP) is 5.28. The third-order valence-electron chi connectivity index (χ3n) is 5.80. The van der Waals surface area contributed by atoms with E-state index in [4.69, 9.17) is 28.3 Å². The first-order chi connectivity index (χ1) is 16.6. The molecule has 1 aliphatic heterocycles. The summed E-state index contributed by atoms with van der Waals surface area (Å²) in [4.78, 5) is 20.2. The van der Waals surface area contributed by atoms with Crippen LogP contribution in [0.25, 0.3) is 21.2 Å². The molecule has 0 aliphatic carbocycles. The monoisotopic (exact) mass is 482 g/mol. The van der Waals surface area contributed by atoms with Gasteiger partial charge in [0.1, 0.15) is 21.7 Å². The van der Waals surface area contributed by atoms with Crippen molar-refractivity contribution in [2.24, 2.45) is 0 Å². The van der Waals surface area contributed by atoms with E-state index in [9.17, 15) is 4.79 Å². The number of amides is 1. The van der Waals surface area contributed by atoms with Gasteiger partial charge in [0.15, 0.2) is 22.2 Å². The van der Waals surface area contributed by atoms with Crippen LogP contribution < -0.4 is 19.1 Å². The first kappa shape index (κ1) is 22.5. The molecule has 1 atom stereocenters. The lowest BCUT2D eigenvalue weighted by Crippen LogP contribution is -2.37. The molecule has 0 spiro atoms. The van der Waals surface area contributed by atoms with Crippen LogP contribution in [0, 0.1) is 0 Å². The minimum absolute atomic E-state index is 0.0666. The second-order valence-electron chi connectivity index (χ2n) is 7.91. The molecule has 34 heavy (non-hydrogen) atoms. The lowest BCUT2D eigenvalue weighted by Gasteiger charge is -2.22. The van der Waals surface area contributed by atoms with Gasteiger partial charge >= 0.3 is 0 Å². The number of ether oxygens (including phenoxy) is 4. The third kappa shape index (κ3) is 4.05. The van der Waals surface area contributed by atoms with Crippen molar-refractivity contribution in [3.05, 3.63) is 42.2 Å². The maximum Gasteiger partial charge on any atom is 0.295 e. The minimum atomic E-state index is -0.286. The van der Waals surface area contributed by atoms with E-state index in [2.05, 4.69) is 0 Å². The van der Waals surface area contributed by atoms with Crippen molar-refractivity contribution >= 4 is 43.6 Å². The lowest BCUT2D eigenvalue weighted by atomic mass is 10.2. The second-order valence-corrected chi connectivity index (χ2v) is 8.89. The van der Waals surface area contributed by atoms with Gasteiger partial charge in [-0.05, 0) is 44.0 Å². The van der Waals surface area contributed by atoms with Crippen LogP contribution in [-0.4, -0.2) is 51.0 Å². The van der Waals surface area contributed by atoms with E-state index in [0.29, 0.717) is 53.2 Å². The Kier molecular flexibility index (Phi) is 6.30. The average molecular weight is 483 g/mol. The van der Waals surface area contributed by atoms with Gasteiger partial charge in [-0.15, -0.1) is 0 Å². The highest BCUT2D eigenvalue weighted by Gasteiger charge is 2.30. The molecule has 0 N–H and O–H groups in total. The molecular formula is C25H26N2O6S. The number of carbonyl (C=O) groups excluding carboxylic acids is 1. The van der Waals surface area contributed by atoms with Crippen molar-refractivity contribution in [3.63, 3.8) is 0 Å². The first-order valence-electron chi connectivity index (χ1n) is 11.2. The van der Waals surface area contributed by atoms with Gasteiger partial charge < -0.3 is 23.4 Å². The van der Waals surface area contributed by atoms with Gasteiger partial charge in [-0.25, -0.2) is 4.98 Å². The van der Waals surface area contributed by atoms with Gasteiger partial charge in [0.25, 0.3) is 5.91 Å². The summed E-state index contributed by atoms with van der Waals surface area (Å²) >= 11 is 1.38. The molecule has 2 aromatic carbocycles. The highest BCUT2D eigenvalue weighted by Crippen LogP contribution is 2.41. The number of carbonyl (C=O) groups is 1. The largest absolute Gasteiger partial charge is 0.495 e. The molecule has 1 fully saturated rings. The van der Waals surface area contributed by atoms with Gasteiger partial charge in [0.2, 0.25) is 0 Å². The number of anilines is 1. The molecule has 1 saturated heterocycles. The van der Waals surface area contributed by atoms with E-state index < -0.39 is 0 Å². The lowest BCUT2D eigenvalue weighted by molar-refractivity contribution is 0.0896. The third-order valence-corrected chi connectivity index (χ3v) is 6.90. The highest BCUT2D eigenvalue weighted by atomic mass is 32.1. The molecule has 1 unspecified atom stereocenters. The molecule has 4 aromatic rings. The number of hydrogen-bond acceptors (Lipinski definition) is 8. The Hall–Kier alpha value is -3.30. The molecule has 9 heteroatoms. The van der Waals surface area contributed by atoms with Crippen LogP contribution in [-0.2, 0) is 4.74 Å². The molecule has 1 aliphatic rings. The number of fused-ring (bicyclic) bond motifs is 2. The normalized spacial score (nSPS) is 15.7. The SMILES string of the molecule is CCOc1cccc2cc(C(=O)N(CC3CCCO3)c3nc4c(OC)ccc(OC)c4s3)oc12. The van der Waals surface area contributed by atoms with E-state index in [1.807, 2.05) is 37.3 Å². The van der Waals surface area contributed by atoms with Crippen LogP contribution in [0.5, 0.6) is 17.2 Å². The summed E-state index contributed by atoms with van der Waals surface area (Å²) in [5, 5.41) is 1.34. The van der Waals surface area contributed by atoms with Crippen molar-refractivity contribution in [2.75, 3.05) is 38.9 Å². The fourth-order valence-corrected chi connectivity index (χ4v) is 5.26. The zero-order valence-electron chi connectivity index (χ0n) is 19.3. The Balaban J connectivity index is 1.58. The van der Waals surface area contributed by atoms with Gasteiger partial charge in [-0.2, -0.15) is 0 Å². The number of benzene rings is 2. The van der Waals surface area contributed by atoms with Crippen LogP contribution in [0.4, 0.5) is 5.13 Å². The van der Waals surface area contributed by atoms with Crippen molar-refractivity contribution in [2.45, 2.75) is 25.9 Å². The van der Waals surface area contributed by atoms with Crippen molar-refractivity contribution in [3.8, 4) is 17.2 Å². The molecule has 0 saturated carbocycles. The topological polar surface area (TPSA) is 83.3 Å². The molecule has 5 rings (SSSR count). The molecule has 178 valence electrons. The molecular weight excluding hydrogens is 456 g/mol. The second kappa shape index (κ2) is 9.52. The summed E-state index contributed by atoms with van der Waals surface area (Å²) < 4.78 is 29.4. The summed E-state index contributed by atoms with van der Waals surface area (Å²) in [6, 6.07) is 11.0. The van der Waals surface area contributed by atoms with Crippen LogP contribution in [0.1, 0.15) is 30.3 Å². The number of rotatable bonds is 8. The van der Waals surface area contributed by atoms with Gasteiger partial charge in [-0.1, -0.05) is 23.5 Å². The van der Waals surface area contributed by atoms with Crippen LogP contribution >= 0.6 is 11.3 Å². The quantitative estimate of drug-likeness (QED) is 0.338. The summed E-state index contributed by atoms with van der Waals surface area (Å²) in [6.07, 6.45) is 1.79. The number of furan rings is 1. The Morgan fingerprint density at radius 1 is 1.18 bits per heavy atom. The van der Waals surface area contributed by atoms with E-state index in [-0.39, 0.29) is 17.8 Å². The number of thiazole rings is 1. The van der Waals surface area contributed by atoms with E-state index in [0.717, 1.165) is 22.9 Å². The maximum atomic E-state index is 13.8. The molecule has 0 bridgehead atoms. The number of methoxy groups -OCH3 is 2. The number of para-hydroxylation sites is 1. The first-order valence-corrected chi connectivity index (χ1v) is 12.0. The molecule has 2 aromatic heterocycles. The van der Waals surface area contributed by atoms with Crippen LogP contribution in [0.2, 0.25) is 0 Å². The molecule has 0 radical (unpaired) electrons. The zero-order chi connectivity index (χ0) is 23.7. The van der Waals surface area contributed by atoms with Crippen molar-refractivity contribution < 1.29 is 28.2 Å². The number of aromatic nitrogens is 1. The number of hydrogen-bond donors (Lipinski definition) is 0. The Labute approximate surface area is 201 Å². The van der Waals surface area contributed by atoms with Crippen LogP contribution in [0.15, 0.2) is 40.8 Å². The van der Waals surface area contributed by atoms with E-state index >= 15 is 0 Å². The van der Waals surface area contributed by atoms with Crippen molar-refractivity contribution in [1.82, 2.24) is 4.98 Å². The van der Waals surface area contributed by atoms with E-state index in [1.54, 1.807) is 25.2 Å². The molecule has 1 amide bonds. The average Bonchev–Trinajstić information content (AvgIpc) is 3.61. The molecule has 8 nitrogen and oxygen atoms in total. The zero-order valence-corrected chi connectivity index (χ0v) is 20.1. The van der Waals surface area contributed by atoms with E-state index in [1.165, 1.54) is 11.3 Å². The maximum absolute atomic E-state index is 13.8. The summed E-state index contributed by atoms with van der Waals surface area (Å²) in [5.74, 6) is 1.84. The highest BCUT2D eigenvalue weighted by molar-refractivity contribution is 7.22. The van der Waals surface area contributed by atoms with Crippen LogP contribution in [0.3, 0.4) is 0 Å². The fourth-order valence-electron chi connectivity index (χ4n) is 4.17. The minimum Gasteiger partial charge on any atom is -0.495 e. The van der Waals surface area contributed by atoms with Gasteiger partial charge in [0.05, 0.1) is 33.5 Å². The summed E-state index contributed by atoms with van der Waals surface area (Å²) in [7, 11) is 3.21. The van der Waals surface area contributed by atoms with Crippen molar-refractivity contribution in [1.29, 1.82) is 0 Å². The summed E-state index contributed by atoms with van der Waals surface area (Å²) in [5.41, 5.74) is 1.20. The smallest absolute Gasteiger partial charge is 0.295 e. The standard InChI is InChI=1S/C25H26N2O6S/c1-4-31-18-9-5-7-15-13-20(33-22(15)18)24(28)27(14-16-8-6-12-32-16)25-26-21-17(29-2)10-11-19(30-3)23(21)34-25/h5,7,9-11,13,16H,4,6,8,12,14H2,1-3H3.